The topological polar surface area (TPSA) is 12.0 Å². The molecule has 0 radical (unpaired) electrons. The fourth-order valence-corrected chi connectivity index (χ4v) is 1.76. The predicted octanol–water partition coefficient (Wildman–Crippen LogP) is 3.61. The number of allylic oxidation sites excluding steroid dienone is 1. The van der Waals surface area contributed by atoms with Crippen LogP contribution in [0.5, 0.6) is 0 Å². The standard InChI is InChI=1S/C13H27N/c1-6-8-9-10-13(14-7-2)12(5)11(3)4/h6,11-14H,1,7-10H2,2-5H3. The van der Waals surface area contributed by atoms with E-state index in [4.69, 9.17) is 0 Å². The minimum atomic E-state index is 0.681. The molecule has 14 heavy (non-hydrogen) atoms. The summed E-state index contributed by atoms with van der Waals surface area (Å²) >= 11 is 0. The summed E-state index contributed by atoms with van der Waals surface area (Å²) in [5, 5.41) is 3.59. The van der Waals surface area contributed by atoms with Crippen molar-refractivity contribution in [3.8, 4) is 0 Å². The van der Waals surface area contributed by atoms with Crippen molar-refractivity contribution in [1.82, 2.24) is 5.32 Å². The SMILES string of the molecule is C=CCCCC(NCC)C(C)C(C)C. The van der Waals surface area contributed by atoms with Crippen molar-refractivity contribution in [3.63, 3.8) is 0 Å². The normalized spacial score (nSPS) is 15.5. The lowest BCUT2D eigenvalue weighted by Crippen LogP contribution is -2.37. The fraction of sp³-hybridized carbons (Fsp3) is 0.846. The van der Waals surface area contributed by atoms with Crippen LogP contribution in [0, 0.1) is 11.8 Å². The van der Waals surface area contributed by atoms with Crippen molar-refractivity contribution in [2.24, 2.45) is 11.8 Å². The Kier molecular flexibility index (Phi) is 7.87. The van der Waals surface area contributed by atoms with E-state index in [1.807, 2.05) is 6.08 Å². The molecular formula is C13H27N. The lowest BCUT2D eigenvalue weighted by Gasteiger charge is -2.27. The molecule has 84 valence electrons. The second kappa shape index (κ2) is 8.05. The van der Waals surface area contributed by atoms with E-state index in [1.165, 1.54) is 12.8 Å². The highest BCUT2D eigenvalue weighted by molar-refractivity contribution is 4.77. The lowest BCUT2D eigenvalue weighted by molar-refractivity contribution is 0.285. The third kappa shape index (κ3) is 5.43. The highest BCUT2D eigenvalue weighted by Crippen LogP contribution is 2.18. The molecule has 0 aliphatic rings. The van der Waals surface area contributed by atoms with Crippen molar-refractivity contribution in [2.75, 3.05) is 6.54 Å². The van der Waals surface area contributed by atoms with Gasteiger partial charge in [-0.1, -0.05) is 33.8 Å². The van der Waals surface area contributed by atoms with Crippen LogP contribution in [0.1, 0.15) is 47.0 Å². The van der Waals surface area contributed by atoms with Gasteiger partial charge >= 0.3 is 0 Å². The van der Waals surface area contributed by atoms with Crippen molar-refractivity contribution >= 4 is 0 Å². The first-order valence-electron chi connectivity index (χ1n) is 5.97. The maximum atomic E-state index is 3.76. The minimum absolute atomic E-state index is 0.681. The molecule has 0 aromatic carbocycles. The summed E-state index contributed by atoms with van der Waals surface area (Å²) < 4.78 is 0. The van der Waals surface area contributed by atoms with Crippen molar-refractivity contribution in [1.29, 1.82) is 0 Å². The number of unbranched alkanes of at least 4 members (excludes halogenated alkanes) is 1. The molecule has 0 aliphatic heterocycles. The van der Waals surface area contributed by atoms with E-state index < -0.39 is 0 Å². The van der Waals surface area contributed by atoms with E-state index in [-0.39, 0.29) is 0 Å². The molecule has 2 unspecified atom stereocenters. The average molecular weight is 197 g/mol. The Morgan fingerprint density at radius 1 is 1.29 bits per heavy atom. The summed E-state index contributed by atoms with van der Waals surface area (Å²) in [5.41, 5.74) is 0. The average Bonchev–Trinajstić information content (AvgIpc) is 2.15. The fourth-order valence-electron chi connectivity index (χ4n) is 1.76. The minimum Gasteiger partial charge on any atom is -0.314 e. The number of hydrogen-bond acceptors (Lipinski definition) is 1. The molecule has 0 spiro atoms. The van der Waals surface area contributed by atoms with Gasteiger partial charge in [0.1, 0.15) is 0 Å². The van der Waals surface area contributed by atoms with Gasteiger partial charge in [0, 0.05) is 6.04 Å². The number of hydrogen-bond donors (Lipinski definition) is 1. The van der Waals surface area contributed by atoms with Gasteiger partial charge in [0.15, 0.2) is 0 Å². The maximum absolute atomic E-state index is 3.76. The van der Waals surface area contributed by atoms with Gasteiger partial charge in [-0.2, -0.15) is 0 Å². The third-order valence-corrected chi connectivity index (χ3v) is 3.08. The Bertz CT molecular complexity index is 140. The largest absolute Gasteiger partial charge is 0.314 e. The van der Waals surface area contributed by atoms with E-state index in [9.17, 15) is 0 Å². The van der Waals surface area contributed by atoms with E-state index in [0.717, 1.165) is 24.8 Å². The van der Waals surface area contributed by atoms with Crippen LogP contribution in [0.25, 0.3) is 0 Å². The molecule has 0 aliphatic carbocycles. The summed E-state index contributed by atoms with van der Waals surface area (Å²) in [5.74, 6) is 1.53. The highest BCUT2D eigenvalue weighted by atomic mass is 14.9. The molecule has 0 saturated carbocycles. The van der Waals surface area contributed by atoms with Gasteiger partial charge < -0.3 is 5.32 Å². The molecule has 1 heteroatoms. The molecule has 1 nitrogen and oxygen atoms in total. The zero-order chi connectivity index (χ0) is 11.0. The first-order chi connectivity index (χ1) is 6.63. The molecule has 0 bridgehead atoms. The van der Waals surface area contributed by atoms with Crippen LogP contribution in [0.2, 0.25) is 0 Å². The van der Waals surface area contributed by atoms with Gasteiger partial charge in [0.05, 0.1) is 0 Å². The summed E-state index contributed by atoms with van der Waals surface area (Å²) in [6.45, 7) is 14.0. The number of nitrogens with one attached hydrogen (secondary N) is 1. The van der Waals surface area contributed by atoms with Gasteiger partial charge in [-0.15, -0.1) is 6.58 Å². The van der Waals surface area contributed by atoms with Crippen molar-refractivity contribution in [2.45, 2.75) is 53.0 Å². The van der Waals surface area contributed by atoms with E-state index >= 15 is 0 Å². The van der Waals surface area contributed by atoms with Gasteiger partial charge in [-0.05, 0) is 37.6 Å². The summed E-state index contributed by atoms with van der Waals surface area (Å²) in [6.07, 6.45) is 5.70. The van der Waals surface area contributed by atoms with Crippen LogP contribution in [0.15, 0.2) is 12.7 Å². The Morgan fingerprint density at radius 3 is 2.36 bits per heavy atom. The Balaban J connectivity index is 3.93. The summed E-state index contributed by atoms with van der Waals surface area (Å²) in [7, 11) is 0. The Labute approximate surface area is 90.0 Å². The van der Waals surface area contributed by atoms with Crippen LogP contribution in [-0.2, 0) is 0 Å². The molecule has 0 rings (SSSR count). The van der Waals surface area contributed by atoms with Crippen LogP contribution < -0.4 is 5.32 Å². The quantitative estimate of drug-likeness (QED) is 0.463. The zero-order valence-electron chi connectivity index (χ0n) is 10.3. The van der Waals surface area contributed by atoms with Gasteiger partial charge in [-0.25, -0.2) is 0 Å². The van der Waals surface area contributed by atoms with E-state index in [1.54, 1.807) is 0 Å². The molecule has 0 aromatic heterocycles. The van der Waals surface area contributed by atoms with Gasteiger partial charge in [0.25, 0.3) is 0 Å². The third-order valence-electron chi connectivity index (χ3n) is 3.08. The highest BCUT2D eigenvalue weighted by Gasteiger charge is 2.18. The monoisotopic (exact) mass is 197 g/mol. The Hall–Kier alpha value is -0.300. The molecule has 0 heterocycles. The van der Waals surface area contributed by atoms with E-state index in [0.29, 0.717) is 6.04 Å². The first-order valence-corrected chi connectivity index (χ1v) is 5.97. The van der Waals surface area contributed by atoms with Gasteiger partial charge in [0.2, 0.25) is 0 Å². The smallest absolute Gasteiger partial charge is 0.00951 e. The van der Waals surface area contributed by atoms with Crippen molar-refractivity contribution in [3.05, 3.63) is 12.7 Å². The second-order valence-corrected chi connectivity index (χ2v) is 4.49. The summed E-state index contributed by atoms with van der Waals surface area (Å²) in [4.78, 5) is 0. The molecule has 0 amide bonds. The predicted molar refractivity (Wildman–Crippen MR) is 65.5 cm³/mol. The Morgan fingerprint density at radius 2 is 1.93 bits per heavy atom. The summed E-state index contributed by atoms with van der Waals surface area (Å²) in [6, 6.07) is 0.681. The van der Waals surface area contributed by atoms with E-state index in [2.05, 4.69) is 39.6 Å². The molecule has 2 atom stereocenters. The second-order valence-electron chi connectivity index (χ2n) is 4.49. The van der Waals surface area contributed by atoms with Crippen molar-refractivity contribution < 1.29 is 0 Å². The molecular weight excluding hydrogens is 170 g/mol. The molecule has 0 fully saturated rings. The lowest BCUT2D eigenvalue weighted by atomic mass is 9.87. The molecule has 1 N–H and O–H groups in total. The molecule has 0 saturated heterocycles. The number of rotatable bonds is 8. The van der Waals surface area contributed by atoms with Crippen LogP contribution in [0.4, 0.5) is 0 Å². The zero-order valence-corrected chi connectivity index (χ0v) is 10.3. The molecule has 0 aromatic rings. The first kappa shape index (κ1) is 13.7. The van der Waals surface area contributed by atoms with Crippen LogP contribution >= 0.6 is 0 Å². The maximum Gasteiger partial charge on any atom is 0.00951 e. The van der Waals surface area contributed by atoms with Crippen LogP contribution in [-0.4, -0.2) is 12.6 Å². The van der Waals surface area contributed by atoms with Crippen LogP contribution in [0.3, 0.4) is 0 Å². The van der Waals surface area contributed by atoms with Gasteiger partial charge in [-0.3, -0.25) is 0 Å².